The first-order valence-corrected chi connectivity index (χ1v) is 7.56. The van der Waals surface area contributed by atoms with Crippen LogP contribution in [0.4, 0.5) is 11.4 Å². The quantitative estimate of drug-likeness (QED) is 0.655. The molecule has 1 aliphatic rings. The van der Waals surface area contributed by atoms with Crippen LogP contribution in [0.1, 0.15) is 17.2 Å². The van der Waals surface area contributed by atoms with E-state index in [-0.39, 0.29) is 10.6 Å². The Morgan fingerprint density at radius 3 is 2.74 bits per heavy atom. The van der Waals surface area contributed by atoms with Crippen LogP contribution in [-0.2, 0) is 0 Å². The lowest BCUT2D eigenvalue weighted by Gasteiger charge is -2.30. The van der Waals surface area contributed by atoms with Gasteiger partial charge in [0.2, 0.25) is 0 Å². The molecule has 1 aromatic heterocycles. The van der Waals surface area contributed by atoms with Crippen LogP contribution in [0.15, 0.2) is 42.7 Å². The summed E-state index contributed by atoms with van der Waals surface area (Å²) in [6.45, 7) is 3.56. The molecule has 1 unspecified atom stereocenters. The molecule has 1 saturated heterocycles. The minimum absolute atomic E-state index is 0.0419. The van der Waals surface area contributed by atoms with Gasteiger partial charge in [-0.25, -0.2) is 0 Å². The predicted molar refractivity (Wildman–Crippen MR) is 88.4 cm³/mol. The third kappa shape index (κ3) is 3.30. The number of nitro benzene ring substituents is 1. The maximum absolute atomic E-state index is 11.4. The van der Waals surface area contributed by atoms with E-state index in [0.29, 0.717) is 5.56 Å². The summed E-state index contributed by atoms with van der Waals surface area (Å²) in [5.41, 5.74) is 8.55. The number of rotatable bonds is 4. The minimum atomic E-state index is -0.577. The van der Waals surface area contributed by atoms with Crippen LogP contribution < -0.4 is 16.0 Å². The molecule has 120 valence electrons. The molecule has 1 fully saturated rings. The highest BCUT2D eigenvalue weighted by atomic mass is 16.6. The van der Waals surface area contributed by atoms with Crippen LogP contribution in [0.5, 0.6) is 0 Å². The van der Waals surface area contributed by atoms with E-state index in [1.807, 2.05) is 12.1 Å². The van der Waals surface area contributed by atoms with Crippen LogP contribution in [-0.4, -0.2) is 36.1 Å². The minimum Gasteiger partial charge on any atom is -0.369 e. The van der Waals surface area contributed by atoms with Gasteiger partial charge in [-0.2, -0.15) is 0 Å². The fourth-order valence-electron chi connectivity index (χ4n) is 2.82. The lowest BCUT2D eigenvalue weighted by atomic mass is 9.98. The van der Waals surface area contributed by atoms with E-state index in [1.54, 1.807) is 30.6 Å². The second-order valence-electron chi connectivity index (χ2n) is 5.50. The summed E-state index contributed by atoms with van der Waals surface area (Å²) in [6.07, 6.45) is 3.30. The Bertz CT molecular complexity index is 686. The summed E-state index contributed by atoms with van der Waals surface area (Å²) >= 11 is 0. The van der Waals surface area contributed by atoms with Gasteiger partial charge < -0.3 is 16.0 Å². The van der Waals surface area contributed by atoms with E-state index in [2.05, 4.69) is 15.2 Å². The van der Waals surface area contributed by atoms with E-state index in [1.165, 1.54) is 0 Å². The van der Waals surface area contributed by atoms with Gasteiger partial charge in [-0.15, -0.1) is 0 Å². The first kappa shape index (κ1) is 15.4. The van der Waals surface area contributed by atoms with Gasteiger partial charge in [0.1, 0.15) is 0 Å². The Morgan fingerprint density at radius 2 is 2.09 bits per heavy atom. The molecule has 0 radical (unpaired) electrons. The van der Waals surface area contributed by atoms with Crippen molar-refractivity contribution in [2.24, 2.45) is 5.73 Å². The predicted octanol–water partition coefficient (Wildman–Crippen LogP) is 1.45. The van der Waals surface area contributed by atoms with Gasteiger partial charge in [-0.3, -0.25) is 15.1 Å². The van der Waals surface area contributed by atoms with Gasteiger partial charge in [0.15, 0.2) is 0 Å². The van der Waals surface area contributed by atoms with Crippen molar-refractivity contribution in [2.75, 3.05) is 31.1 Å². The van der Waals surface area contributed by atoms with Gasteiger partial charge in [-0.05, 0) is 23.8 Å². The van der Waals surface area contributed by atoms with Crippen LogP contribution in [0, 0.1) is 10.1 Å². The van der Waals surface area contributed by atoms with E-state index in [4.69, 9.17) is 5.73 Å². The van der Waals surface area contributed by atoms with Crippen molar-refractivity contribution >= 4 is 11.4 Å². The third-order valence-electron chi connectivity index (χ3n) is 4.07. The molecule has 2 aromatic rings. The Kier molecular flexibility index (Phi) is 4.50. The van der Waals surface area contributed by atoms with Gasteiger partial charge in [-0.1, -0.05) is 6.07 Å². The van der Waals surface area contributed by atoms with E-state index in [0.717, 1.165) is 37.4 Å². The molecule has 1 atom stereocenters. The van der Waals surface area contributed by atoms with Crippen LogP contribution in [0.25, 0.3) is 0 Å². The standard InChI is InChI=1S/C16H19N5O2/c17-16(12-2-1-5-19-11-12)14-10-13(3-4-15(14)21(22)23)20-8-6-18-7-9-20/h1-5,10-11,16,18H,6-9,17H2. The van der Waals surface area contributed by atoms with E-state index >= 15 is 0 Å². The molecule has 0 aliphatic carbocycles. The Morgan fingerprint density at radius 1 is 1.30 bits per heavy atom. The number of piperazine rings is 1. The number of nitro groups is 1. The maximum atomic E-state index is 11.4. The smallest absolute Gasteiger partial charge is 0.274 e. The lowest BCUT2D eigenvalue weighted by molar-refractivity contribution is -0.385. The number of aromatic nitrogens is 1. The zero-order chi connectivity index (χ0) is 16.2. The number of pyridine rings is 1. The largest absolute Gasteiger partial charge is 0.369 e. The van der Waals surface area contributed by atoms with Crippen LogP contribution in [0.2, 0.25) is 0 Å². The average Bonchev–Trinajstić information content (AvgIpc) is 2.62. The summed E-state index contributed by atoms with van der Waals surface area (Å²) in [6, 6.07) is 8.21. The highest BCUT2D eigenvalue weighted by Crippen LogP contribution is 2.32. The molecule has 1 aliphatic heterocycles. The molecular formula is C16H19N5O2. The summed E-state index contributed by atoms with van der Waals surface area (Å²) in [5, 5.41) is 14.7. The van der Waals surface area contributed by atoms with Gasteiger partial charge in [0, 0.05) is 50.3 Å². The van der Waals surface area contributed by atoms with E-state index in [9.17, 15) is 10.1 Å². The average molecular weight is 313 g/mol. The fourth-order valence-corrected chi connectivity index (χ4v) is 2.82. The van der Waals surface area contributed by atoms with Gasteiger partial charge in [0.25, 0.3) is 5.69 Å². The monoisotopic (exact) mass is 313 g/mol. The lowest BCUT2D eigenvalue weighted by Crippen LogP contribution is -2.43. The number of hydrogen-bond donors (Lipinski definition) is 2. The summed E-state index contributed by atoms with van der Waals surface area (Å²) in [5.74, 6) is 0. The summed E-state index contributed by atoms with van der Waals surface area (Å²) < 4.78 is 0. The van der Waals surface area contributed by atoms with Crippen molar-refractivity contribution in [3.63, 3.8) is 0 Å². The molecule has 23 heavy (non-hydrogen) atoms. The van der Waals surface area contributed by atoms with Crippen molar-refractivity contribution in [3.05, 3.63) is 64.0 Å². The highest BCUT2D eigenvalue weighted by Gasteiger charge is 2.23. The zero-order valence-corrected chi connectivity index (χ0v) is 12.7. The second kappa shape index (κ2) is 6.72. The van der Waals surface area contributed by atoms with Crippen LogP contribution in [0.3, 0.4) is 0 Å². The molecule has 0 spiro atoms. The maximum Gasteiger partial charge on any atom is 0.274 e. The van der Waals surface area contributed by atoms with Crippen molar-refractivity contribution in [3.8, 4) is 0 Å². The molecule has 7 nitrogen and oxygen atoms in total. The zero-order valence-electron chi connectivity index (χ0n) is 12.7. The molecule has 2 heterocycles. The number of hydrogen-bond acceptors (Lipinski definition) is 6. The molecule has 0 bridgehead atoms. The fraction of sp³-hybridized carbons (Fsp3) is 0.312. The van der Waals surface area contributed by atoms with E-state index < -0.39 is 6.04 Å². The molecular weight excluding hydrogens is 294 g/mol. The summed E-state index contributed by atoms with van der Waals surface area (Å²) in [4.78, 5) is 17.2. The normalized spacial score (nSPS) is 16.1. The van der Waals surface area contributed by atoms with Crippen molar-refractivity contribution in [2.45, 2.75) is 6.04 Å². The topological polar surface area (TPSA) is 97.3 Å². The SMILES string of the molecule is NC(c1cccnc1)c1cc(N2CCNCC2)ccc1[N+](=O)[O-]. The number of anilines is 1. The molecule has 0 amide bonds. The Labute approximate surface area is 134 Å². The second-order valence-corrected chi connectivity index (χ2v) is 5.50. The van der Waals surface area contributed by atoms with Crippen LogP contribution >= 0.6 is 0 Å². The van der Waals surface area contributed by atoms with Gasteiger partial charge >= 0.3 is 0 Å². The molecule has 7 heteroatoms. The Hall–Kier alpha value is -2.51. The molecule has 3 rings (SSSR count). The highest BCUT2D eigenvalue weighted by molar-refractivity contribution is 5.58. The Balaban J connectivity index is 1.99. The summed E-state index contributed by atoms with van der Waals surface area (Å²) in [7, 11) is 0. The molecule has 1 aromatic carbocycles. The number of nitrogens with zero attached hydrogens (tertiary/aromatic N) is 3. The third-order valence-corrected chi connectivity index (χ3v) is 4.07. The van der Waals surface area contributed by atoms with Crippen molar-refractivity contribution < 1.29 is 4.92 Å². The number of benzene rings is 1. The molecule has 3 N–H and O–H groups in total. The first-order valence-electron chi connectivity index (χ1n) is 7.56. The number of nitrogens with two attached hydrogens (primary N) is 1. The van der Waals surface area contributed by atoms with Gasteiger partial charge in [0.05, 0.1) is 16.5 Å². The van der Waals surface area contributed by atoms with Crippen molar-refractivity contribution in [1.82, 2.24) is 10.3 Å². The molecule has 0 saturated carbocycles. The first-order chi connectivity index (χ1) is 11.2. The number of nitrogens with one attached hydrogen (secondary N) is 1. The van der Waals surface area contributed by atoms with Crippen molar-refractivity contribution in [1.29, 1.82) is 0 Å².